The third-order valence-corrected chi connectivity index (χ3v) is 3.88. The van der Waals surface area contributed by atoms with Crippen molar-refractivity contribution in [3.05, 3.63) is 35.4 Å². The standard InChI is InChI=1S/C15H21F3N2O/c16-15(17,18)10-21-9-13(20-19)8-12-6-3-5-11-4-1-2-7-14(11)12/h1-2,4,7,12-13,20H,3,5-6,8-10,19H2. The molecule has 21 heavy (non-hydrogen) atoms. The molecule has 1 aliphatic carbocycles. The summed E-state index contributed by atoms with van der Waals surface area (Å²) in [7, 11) is 0. The number of rotatable bonds is 6. The Morgan fingerprint density at radius 1 is 1.33 bits per heavy atom. The monoisotopic (exact) mass is 302 g/mol. The average Bonchev–Trinajstić information content (AvgIpc) is 2.45. The molecule has 0 radical (unpaired) electrons. The van der Waals surface area contributed by atoms with Gasteiger partial charge in [-0.1, -0.05) is 24.3 Å². The van der Waals surface area contributed by atoms with Gasteiger partial charge in [0.2, 0.25) is 0 Å². The van der Waals surface area contributed by atoms with Crippen molar-refractivity contribution in [3.8, 4) is 0 Å². The first kappa shape index (κ1) is 16.3. The Labute approximate surface area is 122 Å². The molecule has 6 heteroatoms. The van der Waals surface area contributed by atoms with Crippen LogP contribution in [-0.2, 0) is 11.2 Å². The fraction of sp³-hybridized carbons (Fsp3) is 0.600. The first-order chi connectivity index (χ1) is 9.99. The smallest absolute Gasteiger partial charge is 0.370 e. The summed E-state index contributed by atoms with van der Waals surface area (Å²) in [6.07, 6.45) is -0.406. The highest BCUT2D eigenvalue weighted by atomic mass is 19.4. The molecule has 3 nitrogen and oxygen atoms in total. The molecular formula is C15H21F3N2O. The fourth-order valence-electron chi connectivity index (χ4n) is 2.94. The Morgan fingerprint density at radius 2 is 2.10 bits per heavy atom. The van der Waals surface area contributed by atoms with Gasteiger partial charge in [0.05, 0.1) is 6.61 Å². The van der Waals surface area contributed by atoms with E-state index in [1.807, 2.05) is 12.1 Å². The quantitative estimate of drug-likeness (QED) is 0.627. The second-order valence-electron chi connectivity index (χ2n) is 5.52. The molecule has 2 rings (SSSR count). The summed E-state index contributed by atoms with van der Waals surface area (Å²) in [5.74, 6) is 5.77. The predicted molar refractivity (Wildman–Crippen MR) is 74.7 cm³/mol. The van der Waals surface area contributed by atoms with Crippen molar-refractivity contribution >= 4 is 0 Å². The number of aryl methyl sites for hydroxylation is 1. The van der Waals surface area contributed by atoms with Crippen molar-refractivity contribution < 1.29 is 17.9 Å². The van der Waals surface area contributed by atoms with Crippen molar-refractivity contribution in [2.24, 2.45) is 5.84 Å². The van der Waals surface area contributed by atoms with Gasteiger partial charge >= 0.3 is 6.18 Å². The molecule has 0 fully saturated rings. The van der Waals surface area contributed by atoms with Crippen LogP contribution < -0.4 is 11.3 Å². The summed E-state index contributed by atoms with van der Waals surface area (Å²) >= 11 is 0. The van der Waals surface area contributed by atoms with E-state index >= 15 is 0 Å². The molecule has 2 unspecified atom stereocenters. The summed E-state index contributed by atoms with van der Waals surface area (Å²) in [4.78, 5) is 0. The maximum Gasteiger partial charge on any atom is 0.411 e. The highest BCUT2D eigenvalue weighted by molar-refractivity contribution is 5.32. The van der Waals surface area contributed by atoms with Crippen molar-refractivity contribution in [1.29, 1.82) is 0 Å². The second-order valence-corrected chi connectivity index (χ2v) is 5.52. The van der Waals surface area contributed by atoms with E-state index in [0.717, 1.165) is 19.3 Å². The Balaban J connectivity index is 1.90. The lowest BCUT2D eigenvalue weighted by Crippen LogP contribution is -2.40. The summed E-state index contributed by atoms with van der Waals surface area (Å²) in [5.41, 5.74) is 5.20. The van der Waals surface area contributed by atoms with E-state index in [4.69, 9.17) is 10.6 Å². The number of hydrogen-bond acceptors (Lipinski definition) is 3. The molecule has 0 saturated heterocycles. The lowest BCUT2D eigenvalue weighted by molar-refractivity contribution is -0.175. The van der Waals surface area contributed by atoms with Crippen molar-refractivity contribution in [3.63, 3.8) is 0 Å². The molecule has 0 saturated carbocycles. The maximum absolute atomic E-state index is 12.1. The third kappa shape index (κ3) is 4.98. The number of hydrazine groups is 1. The average molecular weight is 302 g/mol. The van der Waals surface area contributed by atoms with Crippen molar-refractivity contribution in [2.75, 3.05) is 13.2 Å². The number of nitrogens with one attached hydrogen (secondary N) is 1. The summed E-state index contributed by atoms with van der Waals surface area (Å²) < 4.78 is 41.0. The minimum atomic E-state index is -4.30. The number of fused-ring (bicyclic) bond motifs is 1. The van der Waals surface area contributed by atoms with Gasteiger partial charge < -0.3 is 4.74 Å². The van der Waals surface area contributed by atoms with Gasteiger partial charge in [-0.15, -0.1) is 0 Å². The van der Waals surface area contributed by atoms with Gasteiger partial charge in [-0.3, -0.25) is 11.3 Å². The van der Waals surface area contributed by atoms with Crippen LogP contribution in [0.15, 0.2) is 24.3 Å². The lowest BCUT2D eigenvalue weighted by Gasteiger charge is -2.28. The van der Waals surface area contributed by atoms with Crippen LogP contribution in [-0.4, -0.2) is 25.4 Å². The number of halogens is 3. The van der Waals surface area contributed by atoms with Crippen LogP contribution in [0.4, 0.5) is 13.2 Å². The number of nitrogens with two attached hydrogens (primary N) is 1. The predicted octanol–water partition coefficient (Wildman–Crippen LogP) is 2.91. The normalized spacial score (nSPS) is 20.1. The molecule has 1 aliphatic rings. The molecule has 1 aromatic rings. The van der Waals surface area contributed by atoms with Crippen molar-refractivity contribution in [1.82, 2.24) is 5.43 Å². The third-order valence-electron chi connectivity index (χ3n) is 3.88. The largest absolute Gasteiger partial charge is 0.411 e. The van der Waals surface area contributed by atoms with E-state index in [2.05, 4.69) is 17.6 Å². The first-order valence-corrected chi connectivity index (χ1v) is 7.18. The van der Waals surface area contributed by atoms with E-state index in [0.29, 0.717) is 12.3 Å². The van der Waals surface area contributed by atoms with Crippen LogP contribution in [0.3, 0.4) is 0 Å². The van der Waals surface area contributed by atoms with Gasteiger partial charge in [-0.25, -0.2) is 0 Å². The zero-order valence-electron chi connectivity index (χ0n) is 11.8. The molecule has 0 bridgehead atoms. The molecule has 0 heterocycles. The lowest BCUT2D eigenvalue weighted by atomic mass is 9.80. The van der Waals surface area contributed by atoms with Crippen LogP contribution in [0.2, 0.25) is 0 Å². The molecule has 0 aromatic heterocycles. The van der Waals surface area contributed by atoms with Gasteiger partial charge in [0, 0.05) is 6.04 Å². The first-order valence-electron chi connectivity index (χ1n) is 7.18. The van der Waals surface area contributed by atoms with E-state index < -0.39 is 12.8 Å². The number of benzene rings is 1. The van der Waals surface area contributed by atoms with Crippen LogP contribution in [0.1, 0.15) is 36.3 Å². The van der Waals surface area contributed by atoms with Gasteiger partial charge in [0.25, 0.3) is 0 Å². The van der Waals surface area contributed by atoms with Crippen LogP contribution in [0.5, 0.6) is 0 Å². The zero-order chi connectivity index (χ0) is 15.3. The topological polar surface area (TPSA) is 47.3 Å². The highest BCUT2D eigenvalue weighted by Gasteiger charge is 2.28. The van der Waals surface area contributed by atoms with Crippen LogP contribution >= 0.6 is 0 Å². The summed E-state index contributed by atoms with van der Waals surface area (Å²) in [6, 6.07) is 7.97. The Hall–Kier alpha value is -1.11. The Morgan fingerprint density at radius 3 is 2.81 bits per heavy atom. The van der Waals surface area contributed by atoms with E-state index in [1.54, 1.807) is 0 Å². The van der Waals surface area contributed by atoms with Crippen LogP contribution in [0, 0.1) is 0 Å². The molecule has 0 spiro atoms. The van der Waals surface area contributed by atoms with Crippen molar-refractivity contribution in [2.45, 2.75) is 43.8 Å². The summed E-state index contributed by atoms with van der Waals surface area (Å²) in [5, 5.41) is 0. The van der Waals surface area contributed by atoms with Gasteiger partial charge in [0.15, 0.2) is 0 Å². The summed E-state index contributed by atoms with van der Waals surface area (Å²) in [6.45, 7) is -1.26. The number of alkyl halides is 3. The van der Waals surface area contributed by atoms with Gasteiger partial charge in [-0.2, -0.15) is 13.2 Å². The fourth-order valence-corrected chi connectivity index (χ4v) is 2.94. The number of hydrogen-bond donors (Lipinski definition) is 2. The zero-order valence-corrected chi connectivity index (χ0v) is 11.8. The van der Waals surface area contributed by atoms with E-state index in [1.165, 1.54) is 11.1 Å². The van der Waals surface area contributed by atoms with Gasteiger partial charge in [0.1, 0.15) is 6.61 Å². The number of ether oxygens (including phenoxy) is 1. The molecule has 1 aromatic carbocycles. The molecule has 3 N–H and O–H groups in total. The molecule has 118 valence electrons. The molecular weight excluding hydrogens is 281 g/mol. The van der Waals surface area contributed by atoms with E-state index in [-0.39, 0.29) is 12.6 Å². The second kappa shape index (κ2) is 7.24. The maximum atomic E-state index is 12.1. The minimum Gasteiger partial charge on any atom is -0.370 e. The van der Waals surface area contributed by atoms with Crippen LogP contribution in [0.25, 0.3) is 0 Å². The van der Waals surface area contributed by atoms with Gasteiger partial charge in [-0.05, 0) is 42.7 Å². The minimum absolute atomic E-state index is 0.0331. The molecule has 0 aliphatic heterocycles. The molecule has 2 atom stereocenters. The molecule has 0 amide bonds. The Kier molecular flexibility index (Phi) is 5.61. The SMILES string of the molecule is NNC(COCC(F)(F)F)CC1CCCc2ccccc21. The highest BCUT2D eigenvalue weighted by Crippen LogP contribution is 2.34. The van der Waals surface area contributed by atoms with E-state index in [9.17, 15) is 13.2 Å². The Bertz CT molecular complexity index is 451.